The highest BCUT2D eigenvalue weighted by atomic mass is 16.5. The van der Waals surface area contributed by atoms with Crippen LogP contribution in [0.25, 0.3) is 10.9 Å². The number of ether oxygens (including phenoxy) is 1. The van der Waals surface area contributed by atoms with Crippen molar-refractivity contribution in [3.63, 3.8) is 0 Å². The summed E-state index contributed by atoms with van der Waals surface area (Å²) < 4.78 is 7.06. The summed E-state index contributed by atoms with van der Waals surface area (Å²) in [6, 6.07) is 18.4. The van der Waals surface area contributed by atoms with Crippen molar-refractivity contribution >= 4 is 34.4 Å². The fourth-order valence-electron chi connectivity index (χ4n) is 5.45. The number of hydrogen-bond acceptors (Lipinski definition) is 8. The topological polar surface area (TPSA) is 133 Å². The Morgan fingerprint density at radius 1 is 1.07 bits per heavy atom. The Morgan fingerprint density at radius 3 is 2.61 bits per heavy atom. The number of hydrogen-bond donors (Lipinski definition) is 3. The van der Waals surface area contributed by atoms with E-state index in [1.807, 2.05) is 71.4 Å². The van der Waals surface area contributed by atoms with Gasteiger partial charge < -0.3 is 20.7 Å². The lowest BCUT2D eigenvalue weighted by Gasteiger charge is -2.37. The number of amides is 2. The van der Waals surface area contributed by atoms with Crippen LogP contribution in [0.4, 0.5) is 22.2 Å². The van der Waals surface area contributed by atoms with Crippen LogP contribution in [0.15, 0.2) is 60.9 Å². The molecule has 0 atom stereocenters. The third-order valence-corrected chi connectivity index (χ3v) is 7.80. The number of nitrogens with one attached hydrogen (secondary N) is 3. The second kappa shape index (κ2) is 11.8. The first-order chi connectivity index (χ1) is 20.1. The van der Waals surface area contributed by atoms with Crippen molar-refractivity contribution in [1.29, 1.82) is 5.26 Å². The maximum atomic E-state index is 13.7. The summed E-state index contributed by atoms with van der Waals surface area (Å²) in [5.41, 5.74) is 3.30. The van der Waals surface area contributed by atoms with Gasteiger partial charge in [0.1, 0.15) is 17.5 Å². The van der Waals surface area contributed by atoms with Gasteiger partial charge in [0, 0.05) is 36.7 Å². The first-order valence-corrected chi connectivity index (χ1v) is 14.0. The van der Waals surface area contributed by atoms with E-state index in [2.05, 4.69) is 37.1 Å². The molecule has 2 fully saturated rings. The van der Waals surface area contributed by atoms with Crippen LogP contribution in [0.3, 0.4) is 0 Å². The van der Waals surface area contributed by atoms with Gasteiger partial charge in [-0.15, -0.1) is 0 Å². The second-order valence-electron chi connectivity index (χ2n) is 10.6. The number of aromatic nitrogens is 4. The highest BCUT2D eigenvalue weighted by Crippen LogP contribution is 2.31. The van der Waals surface area contributed by atoms with Crippen LogP contribution in [-0.2, 0) is 18.3 Å². The molecule has 3 heterocycles. The van der Waals surface area contributed by atoms with E-state index in [-0.39, 0.29) is 24.2 Å². The van der Waals surface area contributed by atoms with E-state index in [0.717, 1.165) is 47.8 Å². The molecule has 0 radical (unpaired) electrons. The quantitative estimate of drug-likeness (QED) is 0.297. The molecule has 1 aliphatic heterocycles. The lowest BCUT2D eigenvalue weighted by atomic mass is 9.90. The number of rotatable bonds is 8. The number of carbonyl (C=O) groups is 1. The summed E-state index contributed by atoms with van der Waals surface area (Å²) in [4.78, 5) is 24.5. The number of benzene rings is 2. The highest BCUT2D eigenvalue weighted by molar-refractivity contribution is 5.95. The zero-order chi connectivity index (χ0) is 28.2. The Balaban J connectivity index is 1.16. The van der Waals surface area contributed by atoms with Crippen LogP contribution in [0.2, 0.25) is 0 Å². The summed E-state index contributed by atoms with van der Waals surface area (Å²) in [6.45, 7) is 1.66. The van der Waals surface area contributed by atoms with E-state index in [1.54, 1.807) is 6.20 Å². The number of anilines is 3. The molecule has 2 aromatic carbocycles. The molecular formula is C30H33N9O2. The van der Waals surface area contributed by atoms with Gasteiger partial charge in [-0.25, -0.2) is 9.78 Å². The van der Waals surface area contributed by atoms with E-state index in [1.165, 1.54) is 0 Å². The van der Waals surface area contributed by atoms with Gasteiger partial charge in [-0.3, -0.25) is 9.58 Å². The summed E-state index contributed by atoms with van der Waals surface area (Å²) in [6.07, 6.45) is 6.73. The van der Waals surface area contributed by atoms with E-state index in [9.17, 15) is 10.1 Å². The minimum atomic E-state index is -0.113. The van der Waals surface area contributed by atoms with Gasteiger partial charge in [-0.1, -0.05) is 30.3 Å². The van der Waals surface area contributed by atoms with E-state index in [4.69, 9.17) is 4.74 Å². The molecule has 2 aromatic heterocycles. The van der Waals surface area contributed by atoms with Gasteiger partial charge in [0.2, 0.25) is 5.95 Å². The molecule has 0 unspecified atom stereocenters. The number of urea groups is 1. The van der Waals surface area contributed by atoms with Gasteiger partial charge in [-0.05, 0) is 49.4 Å². The maximum Gasteiger partial charge on any atom is 0.322 e. The molecule has 11 nitrogen and oxygen atoms in total. The van der Waals surface area contributed by atoms with Crippen molar-refractivity contribution in [3.8, 4) is 6.07 Å². The van der Waals surface area contributed by atoms with E-state index in [0.29, 0.717) is 37.1 Å². The molecule has 11 heteroatoms. The van der Waals surface area contributed by atoms with Crippen molar-refractivity contribution in [2.45, 2.75) is 50.4 Å². The number of nitrogens with zero attached hydrogens (tertiary/aromatic N) is 6. The first-order valence-electron chi connectivity index (χ1n) is 14.0. The SMILES string of the molecule is Cn1ncc2ccc(N(C(=O)NCc3ccccc3)[C@H]3CC[C@H](Nc4ncc(C#N)c(NC5COC5)n4)CC3)cc21. The van der Waals surface area contributed by atoms with Crippen LogP contribution in [0.1, 0.15) is 36.8 Å². The Bertz CT molecular complexity index is 1550. The molecule has 1 aliphatic carbocycles. The number of carbonyl (C=O) groups excluding carboxylic acids is 1. The minimum Gasteiger partial charge on any atom is -0.377 e. The highest BCUT2D eigenvalue weighted by Gasteiger charge is 2.31. The Kier molecular flexibility index (Phi) is 7.65. The van der Waals surface area contributed by atoms with Crippen molar-refractivity contribution in [2.75, 3.05) is 28.7 Å². The lowest BCUT2D eigenvalue weighted by Crippen LogP contribution is -2.48. The summed E-state index contributed by atoms with van der Waals surface area (Å²) >= 11 is 0. The molecule has 6 rings (SSSR count). The van der Waals surface area contributed by atoms with Crippen LogP contribution in [-0.4, -0.2) is 57.1 Å². The zero-order valence-electron chi connectivity index (χ0n) is 23.0. The molecule has 1 saturated heterocycles. The van der Waals surface area contributed by atoms with Gasteiger partial charge in [0.05, 0.1) is 37.2 Å². The third kappa shape index (κ3) is 5.93. The molecule has 3 N–H and O–H groups in total. The van der Waals surface area contributed by atoms with Gasteiger partial charge in [-0.2, -0.15) is 15.3 Å². The van der Waals surface area contributed by atoms with Crippen molar-refractivity contribution < 1.29 is 9.53 Å². The van der Waals surface area contributed by atoms with Crippen molar-refractivity contribution in [3.05, 3.63) is 72.1 Å². The summed E-state index contributed by atoms with van der Waals surface area (Å²) in [7, 11) is 1.91. The summed E-state index contributed by atoms with van der Waals surface area (Å²) in [5, 5.41) is 24.7. The predicted octanol–water partition coefficient (Wildman–Crippen LogP) is 4.19. The molecule has 2 aliphatic rings. The van der Waals surface area contributed by atoms with Crippen molar-refractivity contribution in [2.24, 2.45) is 7.05 Å². The van der Waals surface area contributed by atoms with Gasteiger partial charge >= 0.3 is 6.03 Å². The molecule has 1 saturated carbocycles. The van der Waals surface area contributed by atoms with Gasteiger partial charge in [0.15, 0.2) is 0 Å². The molecular weight excluding hydrogens is 518 g/mol. The molecule has 0 spiro atoms. The predicted molar refractivity (Wildman–Crippen MR) is 157 cm³/mol. The molecule has 0 bridgehead atoms. The molecule has 2 amide bonds. The van der Waals surface area contributed by atoms with E-state index >= 15 is 0 Å². The van der Waals surface area contributed by atoms with Crippen molar-refractivity contribution in [1.82, 2.24) is 25.1 Å². The molecule has 4 aromatic rings. The Labute approximate surface area is 238 Å². The van der Waals surface area contributed by atoms with Crippen LogP contribution < -0.4 is 20.9 Å². The standard InChI is InChI=1S/C30H33N9O2/c1-38-27-13-26(10-7-21(27)17-34-38)39(30(40)33-15-20-5-3-2-4-6-20)25-11-8-23(9-12-25)36-29-32-16-22(14-31)28(37-29)35-24-18-41-19-24/h2-7,10,13,16-17,23-25H,8-9,11-12,15,18-19H2,1H3,(H,33,40)(H2,32,35,36,37)/t23-,25-. The molecule has 210 valence electrons. The van der Waals surface area contributed by atoms with Crippen LogP contribution in [0.5, 0.6) is 0 Å². The Morgan fingerprint density at radius 2 is 1.88 bits per heavy atom. The number of fused-ring (bicyclic) bond motifs is 1. The van der Waals surface area contributed by atoms with Crippen LogP contribution >= 0.6 is 0 Å². The number of aryl methyl sites for hydroxylation is 1. The average molecular weight is 552 g/mol. The van der Waals surface area contributed by atoms with Crippen LogP contribution in [0, 0.1) is 11.3 Å². The normalized spacial score (nSPS) is 18.7. The van der Waals surface area contributed by atoms with Gasteiger partial charge in [0.25, 0.3) is 0 Å². The second-order valence-corrected chi connectivity index (χ2v) is 10.6. The largest absolute Gasteiger partial charge is 0.377 e. The number of nitriles is 1. The maximum absolute atomic E-state index is 13.7. The Hall–Kier alpha value is -4.69. The lowest BCUT2D eigenvalue weighted by molar-refractivity contribution is 0.0209. The third-order valence-electron chi connectivity index (χ3n) is 7.80. The first kappa shape index (κ1) is 26.5. The average Bonchev–Trinajstić information content (AvgIpc) is 3.35. The fourth-order valence-corrected chi connectivity index (χ4v) is 5.45. The minimum absolute atomic E-state index is 0.0345. The monoisotopic (exact) mass is 551 g/mol. The zero-order valence-corrected chi connectivity index (χ0v) is 23.0. The molecule has 41 heavy (non-hydrogen) atoms. The summed E-state index contributed by atoms with van der Waals surface area (Å²) in [5.74, 6) is 1.02. The smallest absolute Gasteiger partial charge is 0.322 e. The fraction of sp³-hybridized carbons (Fsp3) is 0.367. The van der Waals surface area contributed by atoms with E-state index < -0.39 is 0 Å².